The van der Waals surface area contributed by atoms with E-state index in [2.05, 4.69) is 22.5 Å². The molecule has 5 nitrogen and oxygen atoms in total. The van der Waals surface area contributed by atoms with E-state index in [0.29, 0.717) is 6.61 Å². The second-order valence-corrected chi connectivity index (χ2v) is 7.59. The Balaban J connectivity index is 1.55. The zero-order valence-corrected chi connectivity index (χ0v) is 19.0. The van der Waals surface area contributed by atoms with Crippen LogP contribution in [0.5, 0.6) is 5.75 Å². The Morgan fingerprint density at radius 3 is 2.00 bits per heavy atom. The van der Waals surface area contributed by atoms with Crippen LogP contribution in [-0.4, -0.2) is 26.7 Å². The van der Waals surface area contributed by atoms with Crippen molar-refractivity contribution in [1.29, 1.82) is 0 Å². The van der Waals surface area contributed by atoms with Gasteiger partial charge in [0.05, 0.1) is 12.6 Å². The number of nitrogens with zero attached hydrogens (tertiary/aromatic N) is 1. The highest BCUT2D eigenvalue weighted by atomic mass is 16.5. The second kappa shape index (κ2) is 10.9. The van der Waals surface area contributed by atoms with Gasteiger partial charge in [0.1, 0.15) is 5.75 Å². The van der Waals surface area contributed by atoms with Gasteiger partial charge in [-0.2, -0.15) is 0 Å². The number of amides is 2. The van der Waals surface area contributed by atoms with Crippen LogP contribution in [0.2, 0.25) is 0 Å². The SMILES string of the molecule is CCOc1ccc(C#Cc2ccc(C(C)NC(=O)Nc3ccc(N(C)C)cc3)cc2)cc1. The summed E-state index contributed by atoms with van der Waals surface area (Å²) in [7, 11) is 3.96. The molecule has 2 amide bonds. The fourth-order valence-corrected chi connectivity index (χ4v) is 3.09. The van der Waals surface area contributed by atoms with Crippen molar-refractivity contribution in [3.05, 3.63) is 89.5 Å². The molecule has 3 aromatic carbocycles. The van der Waals surface area contributed by atoms with Crippen molar-refractivity contribution in [1.82, 2.24) is 5.32 Å². The van der Waals surface area contributed by atoms with Crippen LogP contribution in [0.4, 0.5) is 16.2 Å². The van der Waals surface area contributed by atoms with Gasteiger partial charge in [-0.05, 0) is 80.1 Å². The highest BCUT2D eigenvalue weighted by Gasteiger charge is 2.09. The van der Waals surface area contributed by atoms with Gasteiger partial charge >= 0.3 is 6.03 Å². The number of hydrogen-bond acceptors (Lipinski definition) is 3. The largest absolute Gasteiger partial charge is 0.494 e. The molecule has 0 spiro atoms. The van der Waals surface area contributed by atoms with Crippen LogP contribution in [0.1, 0.15) is 36.6 Å². The molecule has 0 aliphatic rings. The predicted molar refractivity (Wildman–Crippen MR) is 131 cm³/mol. The maximum Gasteiger partial charge on any atom is 0.319 e. The van der Waals surface area contributed by atoms with Crippen molar-refractivity contribution in [3.63, 3.8) is 0 Å². The number of urea groups is 1. The van der Waals surface area contributed by atoms with Gasteiger partial charge in [0.15, 0.2) is 0 Å². The standard InChI is InChI=1S/C27H29N3O2/c1-5-32-26-18-10-22(11-19-26)7-6-21-8-12-23(13-9-21)20(2)28-27(31)29-24-14-16-25(17-15-24)30(3)4/h8-20H,5H2,1-4H3,(H2,28,29,31). The molecule has 0 radical (unpaired) electrons. The first-order chi connectivity index (χ1) is 15.4. The van der Waals surface area contributed by atoms with Gasteiger partial charge in [0.25, 0.3) is 0 Å². The highest BCUT2D eigenvalue weighted by Crippen LogP contribution is 2.17. The lowest BCUT2D eigenvalue weighted by atomic mass is 10.1. The van der Waals surface area contributed by atoms with E-state index >= 15 is 0 Å². The maximum atomic E-state index is 12.3. The molecule has 0 saturated heterocycles. The molecule has 0 fully saturated rings. The molecule has 0 saturated carbocycles. The Kier molecular flexibility index (Phi) is 7.77. The second-order valence-electron chi connectivity index (χ2n) is 7.59. The van der Waals surface area contributed by atoms with Crippen LogP contribution >= 0.6 is 0 Å². The van der Waals surface area contributed by atoms with E-state index in [1.807, 2.05) is 106 Å². The fourth-order valence-electron chi connectivity index (χ4n) is 3.09. The Labute approximate surface area is 190 Å². The number of rotatable bonds is 6. The summed E-state index contributed by atoms with van der Waals surface area (Å²) >= 11 is 0. The molecule has 0 aliphatic carbocycles. The molecule has 5 heteroatoms. The Hall–Kier alpha value is -3.91. The molecule has 0 heterocycles. The lowest BCUT2D eigenvalue weighted by Crippen LogP contribution is -2.31. The summed E-state index contributed by atoms with van der Waals surface area (Å²) in [6.45, 7) is 4.57. The van der Waals surface area contributed by atoms with Crippen molar-refractivity contribution < 1.29 is 9.53 Å². The number of ether oxygens (including phenoxy) is 1. The third-order valence-corrected chi connectivity index (χ3v) is 4.92. The van der Waals surface area contributed by atoms with E-state index < -0.39 is 0 Å². The van der Waals surface area contributed by atoms with Crippen LogP contribution in [0.25, 0.3) is 0 Å². The van der Waals surface area contributed by atoms with E-state index in [4.69, 9.17) is 4.74 Å². The van der Waals surface area contributed by atoms with Crippen LogP contribution in [0.15, 0.2) is 72.8 Å². The summed E-state index contributed by atoms with van der Waals surface area (Å²) in [5.74, 6) is 7.18. The first-order valence-corrected chi connectivity index (χ1v) is 10.6. The first-order valence-electron chi connectivity index (χ1n) is 10.6. The maximum absolute atomic E-state index is 12.3. The Morgan fingerprint density at radius 1 is 0.906 bits per heavy atom. The molecule has 3 rings (SSSR count). The minimum absolute atomic E-state index is 0.135. The summed E-state index contributed by atoms with van der Waals surface area (Å²) in [5.41, 5.74) is 4.69. The van der Waals surface area contributed by atoms with Crippen LogP contribution in [-0.2, 0) is 0 Å². The van der Waals surface area contributed by atoms with Crippen molar-refractivity contribution in [3.8, 4) is 17.6 Å². The van der Waals surface area contributed by atoms with Crippen molar-refractivity contribution in [2.24, 2.45) is 0 Å². The average molecular weight is 428 g/mol. The van der Waals surface area contributed by atoms with E-state index in [-0.39, 0.29) is 12.1 Å². The number of hydrogen-bond donors (Lipinski definition) is 2. The van der Waals surface area contributed by atoms with Gasteiger partial charge < -0.3 is 20.3 Å². The number of carbonyl (C=O) groups excluding carboxylic acids is 1. The smallest absolute Gasteiger partial charge is 0.319 e. The van der Waals surface area contributed by atoms with E-state index in [1.165, 1.54) is 0 Å². The highest BCUT2D eigenvalue weighted by molar-refractivity contribution is 5.89. The van der Waals surface area contributed by atoms with Gasteiger partial charge in [-0.3, -0.25) is 0 Å². The molecule has 0 aliphatic heterocycles. The summed E-state index contributed by atoms with van der Waals surface area (Å²) in [6.07, 6.45) is 0. The van der Waals surface area contributed by atoms with Crippen LogP contribution in [0, 0.1) is 11.8 Å². The van der Waals surface area contributed by atoms with E-state index in [0.717, 1.165) is 33.8 Å². The molecule has 164 valence electrons. The number of nitrogens with one attached hydrogen (secondary N) is 2. The minimum Gasteiger partial charge on any atom is -0.494 e. The lowest BCUT2D eigenvalue weighted by molar-refractivity contribution is 0.249. The molecule has 1 atom stereocenters. The predicted octanol–water partition coefficient (Wildman–Crippen LogP) is 5.43. The normalized spacial score (nSPS) is 11.0. The summed E-state index contributed by atoms with van der Waals surface area (Å²) in [4.78, 5) is 14.4. The number of anilines is 2. The zero-order chi connectivity index (χ0) is 22.9. The molecule has 1 unspecified atom stereocenters. The average Bonchev–Trinajstić information content (AvgIpc) is 2.79. The van der Waals surface area contributed by atoms with E-state index in [1.54, 1.807) is 0 Å². The van der Waals surface area contributed by atoms with Gasteiger partial charge in [0.2, 0.25) is 0 Å². The molecule has 0 aromatic heterocycles. The fraction of sp³-hybridized carbons (Fsp3) is 0.222. The van der Waals surface area contributed by atoms with Crippen molar-refractivity contribution in [2.75, 3.05) is 30.9 Å². The Morgan fingerprint density at radius 2 is 1.47 bits per heavy atom. The molecular weight excluding hydrogens is 398 g/mol. The van der Waals surface area contributed by atoms with Gasteiger partial charge in [0, 0.05) is 36.6 Å². The summed E-state index contributed by atoms with van der Waals surface area (Å²) in [6, 6.07) is 23.0. The van der Waals surface area contributed by atoms with E-state index in [9.17, 15) is 4.79 Å². The number of carbonyl (C=O) groups is 1. The monoisotopic (exact) mass is 427 g/mol. The van der Waals surface area contributed by atoms with Gasteiger partial charge in [-0.15, -0.1) is 0 Å². The zero-order valence-electron chi connectivity index (χ0n) is 19.0. The third-order valence-electron chi connectivity index (χ3n) is 4.92. The van der Waals surface area contributed by atoms with Crippen LogP contribution < -0.4 is 20.3 Å². The topological polar surface area (TPSA) is 53.6 Å². The molecule has 2 N–H and O–H groups in total. The molecule has 0 bridgehead atoms. The molecule has 32 heavy (non-hydrogen) atoms. The first kappa shape index (κ1) is 22.8. The summed E-state index contributed by atoms with van der Waals surface area (Å²) < 4.78 is 5.45. The van der Waals surface area contributed by atoms with Gasteiger partial charge in [-0.25, -0.2) is 4.79 Å². The molecular formula is C27H29N3O2. The third kappa shape index (κ3) is 6.55. The van der Waals surface area contributed by atoms with Crippen molar-refractivity contribution >= 4 is 17.4 Å². The lowest BCUT2D eigenvalue weighted by Gasteiger charge is -2.16. The van der Waals surface area contributed by atoms with Crippen LogP contribution in [0.3, 0.4) is 0 Å². The number of benzene rings is 3. The quantitative estimate of drug-likeness (QED) is 0.516. The minimum atomic E-state index is -0.241. The van der Waals surface area contributed by atoms with Crippen molar-refractivity contribution in [2.45, 2.75) is 19.9 Å². The molecule has 3 aromatic rings. The Bertz CT molecular complexity index is 1080. The van der Waals surface area contributed by atoms with Gasteiger partial charge in [-0.1, -0.05) is 24.0 Å². The summed E-state index contributed by atoms with van der Waals surface area (Å²) in [5, 5.41) is 5.84.